The highest BCUT2D eigenvalue weighted by molar-refractivity contribution is 4.95. The third-order valence-electron chi connectivity index (χ3n) is 4.32. The Balaban J connectivity index is 1.52. The smallest absolute Gasteiger partial charge is 0.122 e. The monoisotopic (exact) mass is 289 g/mol. The minimum absolute atomic E-state index is 0.153. The molecule has 114 valence electrons. The first-order valence-electron chi connectivity index (χ1n) is 7.63. The van der Waals surface area contributed by atoms with Crippen LogP contribution in [-0.2, 0) is 19.6 Å². The van der Waals surface area contributed by atoms with Crippen LogP contribution in [0.25, 0.3) is 0 Å². The van der Waals surface area contributed by atoms with Crippen molar-refractivity contribution >= 4 is 0 Å². The van der Waals surface area contributed by atoms with E-state index in [4.69, 9.17) is 0 Å². The number of nitrogens with one attached hydrogen (secondary N) is 1. The molecule has 0 saturated heterocycles. The fourth-order valence-corrected chi connectivity index (χ4v) is 3.20. The van der Waals surface area contributed by atoms with Gasteiger partial charge in [-0.25, -0.2) is 9.97 Å². The second kappa shape index (κ2) is 6.41. The molecule has 0 amide bonds. The Labute approximate surface area is 124 Å². The molecule has 6 heteroatoms. The second-order valence-electron chi connectivity index (χ2n) is 5.78. The molecule has 2 heterocycles. The first kappa shape index (κ1) is 14.3. The summed E-state index contributed by atoms with van der Waals surface area (Å²) in [6, 6.07) is 0.153. The Kier molecular flexibility index (Phi) is 4.36. The zero-order valence-corrected chi connectivity index (χ0v) is 12.4. The first-order chi connectivity index (χ1) is 10.3. The first-order valence-corrected chi connectivity index (χ1v) is 7.63. The standard InChI is InChI=1S/C15H23N5O/c1-2-20-6-4-17-15(20)9-18-13-7-12(8-14(13)21)10-19-5-3-16-11-19/h3-6,11-14,18,21H,2,7-10H2,1H3/t12?,13-,14-/m1/s1. The van der Waals surface area contributed by atoms with Gasteiger partial charge in [0.05, 0.1) is 19.0 Å². The number of hydrogen-bond acceptors (Lipinski definition) is 4. The van der Waals surface area contributed by atoms with Gasteiger partial charge in [-0.05, 0) is 25.7 Å². The summed E-state index contributed by atoms with van der Waals surface area (Å²) in [5.74, 6) is 1.53. The molecular weight excluding hydrogens is 266 g/mol. The lowest BCUT2D eigenvalue weighted by molar-refractivity contribution is 0.145. The van der Waals surface area contributed by atoms with Crippen molar-refractivity contribution in [1.29, 1.82) is 0 Å². The summed E-state index contributed by atoms with van der Waals surface area (Å²) in [6.45, 7) is 4.67. The molecule has 2 aromatic heterocycles. The number of aliphatic hydroxyl groups is 1. The molecule has 0 aliphatic heterocycles. The van der Waals surface area contributed by atoms with Gasteiger partial charge in [0.15, 0.2) is 0 Å². The van der Waals surface area contributed by atoms with Crippen LogP contribution in [0, 0.1) is 5.92 Å². The predicted molar refractivity (Wildman–Crippen MR) is 79.5 cm³/mol. The van der Waals surface area contributed by atoms with Crippen molar-refractivity contribution < 1.29 is 5.11 Å². The van der Waals surface area contributed by atoms with E-state index < -0.39 is 0 Å². The van der Waals surface area contributed by atoms with Crippen LogP contribution in [0.1, 0.15) is 25.6 Å². The molecule has 1 fully saturated rings. The minimum atomic E-state index is -0.274. The van der Waals surface area contributed by atoms with Crippen molar-refractivity contribution in [2.75, 3.05) is 0 Å². The number of aliphatic hydroxyl groups excluding tert-OH is 1. The molecule has 1 saturated carbocycles. The zero-order chi connectivity index (χ0) is 14.7. The van der Waals surface area contributed by atoms with Crippen molar-refractivity contribution in [3.8, 4) is 0 Å². The van der Waals surface area contributed by atoms with Gasteiger partial charge in [-0.15, -0.1) is 0 Å². The Morgan fingerprint density at radius 3 is 3.00 bits per heavy atom. The second-order valence-corrected chi connectivity index (χ2v) is 5.78. The molecule has 0 aromatic carbocycles. The topological polar surface area (TPSA) is 67.9 Å². The predicted octanol–water partition coefficient (Wildman–Crippen LogP) is 1.03. The summed E-state index contributed by atoms with van der Waals surface area (Å²) in [5.41, 5.74) is 0. The van der Waals surface area contributed by atoms with E-state index >= 15 is 0 Å². The summed E-state index contributed by atoms with van der Waals surface area (Å²) >= 11 is 0. The fraction of sp³-hybridized carbons (Fsp3) is 0.600. The van der Waals surface area contributed by atoms with Gasteiger partial charge in [0.25, 0.3) is 0 Å². The van der Waals surface area contributed by atoms with Crippen molar-refractivity contribution in [2.24, 2.45) is 5.92 Å². The summed E-state index contributed by atoms with van der Waals surface area (Å²) in [7, 11) is 0. The Morgan fingerprint density at radius 2 is 2.24 bits per heavy atom. The molecule has 1 aliphatic rings. The number of rotatable bonds is 6. The van der Waals surface area contributed by atoms with Gasteiger partial charge in [-0.2, -0.15) is 0 Å². The van der Waals surface area contributed by atoms with Crippen LogP contribution in [0.15, 0.2) is 31.1 Å². The largest absolute Gasteiger partial charge is 0.391 e. The van der Waals surface area contributed by atoms with Gasteiger partial charge in [0.2, 0.25) is 0 Å². The van der Waals surface area contributed by atoms with Crippen molar-refractivity contribution in [1.82, 2.24) is 24.4 Å². The number of aromatic nitrogens is 4. The van der Waals surface area contributed by atoms with Crippen molar-refractivity contribution in [3.05, 3.63) is 36.9 Å². The molecule has 1 unspecified atom stereocenters. The van der Waals surface area contributed by atoms with Gasteiger partial charge in [0, 0.05) is 43.9 Å². The van der Waals surface area contributed by atoms with Gasteiger partial charge in [0.1, 0.15) is 5.82 Å². The molecule has 2 N–H and O–H groups in total. The molecule has 0 spiro atoms. The molecule has 1 aliphatic carbocycles. The highest BCUT2D eigenvalue weighted by Crippen LogP contribution is 2.27. The van der Waals surface area contributed by atoms with E-state index in [0.717, 1.165) is 31.8 Å². The molecule has 21 heavy (non-hydrogen) atoms. The fourth-order valence-electron chi connectivity index (χ4n) is 3.20. The Morgan fingerprint density at radius 1 is 1.33 bits per heavy atom. The number of nitrogens with zero attached hydrogens (tertiary/aromatic N) is 4. The zero-order valence-electron chi connectivity index (χ0n) is 12.4. The van der Waals surface area contributed by atoms with Crippen molar-refractivity contribution in [3.63, 3.8) is 0 Å². The summed E-state index contributed by atoms with van der Waals surface area (Å²) in [5, 5.41) is 13.7. The van der Waals surface area contributed by atoms with Gasteiger partial charge in [-0.1, -0.05) is 0 Å². The Bertz CT molecular complexity index is 550. The maximum atomic E-state index is 10.2. The van der Waals surface area contributed by atoms with E-state index in [1.165, 1.54) is 0 Å². The normalized spacial score (nSPS) is 25.5. The average molecular weight is 289 g/mol. The van der Waals surface area contributed by atoms with Crippen LogP contribution in [0.4, 0.5) is 0 Å². The Hall–Kier alpha value is -1.66. The SMILES string of the molecule is CCn1ccnc1CN[C@@H]1CC(Cn2ccnc2)C[C@H]1O. The van der Waals surface area contributed by atoms with E-state index in [1.54, 1.807) is 6.20 Å². The number of aryl methyl sites for hydroxylation is 1. The number of hydrogen-bond donors (Lipinski definition) is 2. The third kappa shape index (κ3) is 3.33. The van der Waals surface area contributed by atoms with Crippen LogP contribution in [0.5, 0.6) is 0 Å². The maximum absolute atomic E-state index is 10.2. The molecule has 3 rings (SSSR count). The molecule has 0 radical (unpaired) electrons. The molecule has 0 bridgehead atoms. The lowest BCUT2D eigenvalue weighted by Gasteiger charge is -2.16. The quantitative estimate of drug-likeness (QED) is 0.833. The van der Waals surface area contributed by atoms with Crippen LogP contribution in [0.2, 0.25) is 0 Å². The summed E-state index contributed by atoms with van der Waals surface area (Å²) in [6.07, 6.45) is 11.0. The highest BCUT2D eigenvalue weighted by Gasteiger charge is 2.32. The lowest BCUT2D eigenvalue weighted by atomic mass is 10.1. The van der Waals surface area contributed by atoms with Crippen LogP contribution < -0.4 is 5.32 Å². The van der Waals surface area contributed by atoms with Crippen LogP contribution in [-0.4, -0.2) is 36.4 Å². The minimum Gasteiger partial charge on any atom is -0.391 e. The summed E-state index contributed by atoms with van der Waals surface area (Å²) in [4.78, 5) is 8.42. The van der Waals surface area contributed by atoms with E-state index in [2.05, 4.69) is 31.3 Å². The van der Waals surface area contributed by atoms with E-state index in [0.29, 0.717) is 12.5 Å². The third-order valence-corrected chi connectivity index (χ3v) is 4.32. The van der Waals surface area contributed by atoms with E-state index in [1.807, 2.05) is 24.9 Å². The van der Waals surface area contributed by atoms with Gasteiger partial charge in [-0.3, -0.25) is 0 Å². The van der Waals surface area contributed by atoms with E-state index in [9.17, 15) is 5.11 Å². The van der Waals surface area contributed by atoms with Crippen LogP contribution in [0.3, 0.4) is 0 Å². The maximum Gasteiger partial charge on any atom is 0.122 e. The van der Waals surface area contributed by atoms with E-state index in [-0.39, 0.29) is 12.1 Å². The van der Waals surface area contributed by atoms with Gasteiger partial charge < -0.3 is 19.6 Å². The lowest BCUT2D eigenvalue weighted by Crippen LogP contribution is -2.35. The van der Waals surface area contributed by atoms with Crippen LogP contribution >= 0.6 is 0 Å². The van der Waals surface area contributed by atoms with Crippen molar-refractivity contribution in [2.45, 2.75) is 51.5 Å². The molecule has 6 nitrogen and oxygen atoms in total. The molecule has 2 aromatic rings. The highest BCUT2D eigenvalue weighted by atomic mass is 16.3. The summed E-state index contributed by atoms with van der Waals surface area (Å²) < 4.78 is 4.21. The molecular formula is C15H23N5O. The molecule has 3 atom stereocenters. The number of imidazole rings is 2. The average Bonchev–Trinajstić information content (AvgIpc) is 3.18. The van der Waals surface area contributed by atoms with Gasteiger partial charge >= 0.3 is 0 Å².